The second-order valence-electron chi connectivity index (χ2n) is 9.23. The summed E-state index contributed by atoms with van der Waals surface area (Å²) in [7, 11) is 1.60. The van der Waals surface area contributed by atoms with Crippen molar-refractivity contribution in [3.8, 4) is 29.1 Å². The molecule has 38 heavy (non-hydrogen) atoms. The Hall–Kier alpha value is -4.42. The summed E-state index contributed by atoms with van der Waals surface area (Å²) in [6.07, 6.45) is 1.47. The molecule has 1 unspecified atom stereocenters. The van der Waals surface area contributed by atoms with E-state index < -0.39 is 17.6 Å². The van der Waals surface area contributed by atoms with E-state index in [9.17, 15) is 14.0 Å². The zero-order valence-electron chi connectivity index (χ0n) is 21.1. The minimum Gasteiger partial charge on any atom is -0.489 e. The molecule has 3 aromatic rings. The van der Waals surface area contributed by atoms with E-state index in [1.165, 1.54) is 17.2 Å². The highest BCUT2D eigenvalue weighted by Crippen LogP contribution is 2.32. The van der Waals surface area contributed by atoms with Crippen LogP contribution < -0.4 is 19.7 Å². The second kappa shape index (κ2) is 10.5. The van der Waals surface area contributed by atoms with Crippen molar-refractivity contribution in [1.29, 1.82) is 0 Å². The van der Waals surface area contributed by atoms with Crippen molar-refractivity contribution in [2.24, 2.45) is 0 Å². The van der Waals surface area contributed by atoms with Crippen LogP contribution >= 0.6 is 0 Å². The lowest BCUT2D eigenvalue weighted by Crippen LogP contribution is -2.57. The van der Waals surface area contributed by atoms with Gasteiger partial charge in [-0.2, -0.15) is 0 Å². The van der Waals surface area contributed by atoms with E-state index in [0.717, 1.165) is 6.54 Å². The predicted molar refractivity (Wildman–Crippen MR) is 140 cm³/mol. The van der Waals surface area contributed by atoms with Crippen LogP contribution in [0.3, 0.4) is 0 Å². The van der Waals surface area contributed by atoms with Gasteiger partial charge >= 0.3 is 0 Å². The van der Waals surface area contributed by atoms with Gasteiger partial charge in [-0.15, -0.1) is 0 Å². The summed E-state index contributed by atoms with van der Waals surface area (Å²) in [5.41, 5.74) is -0.355. The highest BCUT2D eigenvalue weighted by atomic mass is 19.1. The van der Waals surface area contributed by atoms with E-state index in [-0.39, 0.29) is 18.2 Å². The Morgan fingerprint density at radius 1 is 1.18 bits per heavy atom. The summed E-state index contributed by atoms with van der Waals surface area (Å²) in [5.74, 6) is 6.25. The van der Waals surface area contributed by atoms with Crippen molar-refractivity contribution in [3.63, 3.8) is 0 Å². The molecular formula is C29H27FN4O4. The highest BCUT2D eigenvalue weighted by Gasteiger charge is 2.41. The number of likely N-dealkylation sites (tertiary alicyclic amines) is 1. The molecule has 2 aliphatic heterocycles. The smallest absolute Gasteiger partial charge is 0.270 e. The fourth-order valence-corrected chi connectivity index (χ4v) is 4.28. The summed E-state index contributed by atoms with van der Waals surface area (Å²) in [4.78, 5) is 33.7. The number of halogens is 1. The molecule has 0 radical (unpaired) electrons. The van der Waals surface area contributed by atoms with Gasteiger partial charge in [0.2, 0.25) is 0 Å². The minimum absolute atomic E-state index is 0.0619. The fraction of sp³-hybridized carbons (Fsp3) is 0.276. The molecular weight excluding hydrogens is 487 g/mol. The van der Waals surface area contributed by atoms with Crippen LogP contribution in [-0.4, -0.2) is 66.7 Å². The largest absolute Gasteiger partial charge is 0.489 e. The van der Waals surface area contributed by atoms with E-state index in [1.807, 2.05) is 30.0 Å². The van der Waals surface area contributed by atoms with Gasteiger partial charge in [-0.05, 0) is 42.9 Å². The third-order valence-corrected chi connectivity index (χ3v) is 6.43. The van der Waals surface area contributed by atoms with Gasteiger partial charge in [-0.1, -0.05) is 37.0 Å². The number of ether oxygens (including phenoxy) is 2. The topological polar surface area (TPSA) is 84.0 Å². The van der Waals surface area contributed by atoms with E-state index in [0.29, 0.717) is 41.6 Å². The first-order valence-corrected chi connectivity index (χ1v) is 12.3. The summed E-state index contributed by atoms with van der Waals surface area (Å²) >= 11 is 0. The number of para-hydroxylation sites is 1. The number of nitrogens with zero attached hydrogens (tertiary/aromatic N) is 3. The first kappa shape index (κ1) is 25.2. The molecule has 1 N–H and O–H groups in total. The van der Waals surface area contributed by atoms with Crippen LogP contribution in [0.25, 0.3) is 0 Å². The summed E-state index contributed by atoms with van der Waals surface area (Å²) in [5, 5.41) is 2.71. The Bertz CT molecular complexity index is 1410. The lowest BCUT2D eigenvalue weighted by Gasteiger charge is -2.40. The molecule has 1 atom stereocenters. The molecule has 3 heterocycles. The average molecular weight is 515 g/mol. The number of alkyl halides is 1. The van der Waals surface area contributed by atoms with Gasteiger partial charge < -0.3 is 19.7 Å². The normalized spacial score (nSPS) is 18.1. The average Bonchev–Trinajstić information content (AvgIpc) is 3.03. The number of hydrogen-bond donors (Lipinski definition) is 1. The maximum Gasteiger partial charge on any atom is 0.270 e. The molecule has 2 aliphatic rings. The maximum absolute atomic E-state index is 14.7. The number of anilines is 1. The third-order valence-electron chi connectivity index (χ3n) is 6.43. The van der Waals surface area contributed by atoms with E-state index >= 15 is 0 Å². The number of carbonyl (C=O) groups excluding carboxylic acids is 2. The standard InChI is InChI=1S/C29H27FN4O4/c1-3-34-18-29(30,19-34)13-11-20-9-10-26-25(15-20)33(2)28(36)24(17-37-26)32-27(35)23-16-22(12-14-31-23)38-21-7-5-4-6-8-21/h4-10,12,14-16,24H,3,17-19H2,1-2H3,(H,32,35). The van der Waals surface area contributed by atoms with Crippen molar-refractivity contribution < 1.29 is 23.5 Å². The molecule has 9 heteroatoms. The Labute approximate surface area is 220 Å². The van der Waals surface area contributed by atoms with Gasteiger partial charge in [-0.25, -0.2) is 4.39 Å². The summed E-state index contributed by atoms with van der Waals surface area (Å²) in [6.45, 7) is 3.29. The zero-order valence-corrected chi connectivity index (χ0v) is 21.1. The number of pyridine rings is 1. The second-order valence-corrected chi connectivity index (χ2v) is 9.23. The molecule has 1 aromatic heterocycles. The maximum atomic E-state index is 14.7. The molecule has 1 saturated heterocycles. The molecule has 5 rings (SSSR count). The monoisotopic (exact) mass is 514 g/mol. The Balaban J connectivity index is 1.27. The van der Waals surface area contributed by atoms with Gasteiger partial charge in [0.15, 0.2) is 5.67 Å². The molecule has 8 nitrogen and oxygen atoms in total. The van der Waals surface area contributed by atoms with Crippen molar-refractivity contribution in [3.05, 3.63) is 78.1 Å². The molecule has 0 saturated carbocycles. The third kappa shape index (κ3) is 5.45. The van der Waals surface area contributed by atoms with Crippen LogP contribution in [0.5, 0.6) is 17.2 Å². The SMILES string of the molecule is CCN1CC(F)(C#Cc2ccc3c(c2)N(C)C(=O)C(NC(=O)c2cc(Oc4ccccc4)ccn2)CO3)C1. The number of nitrogens with one attached hydrogen (secondary N) is 1. The molecule has 2 aromatic carbocycles. The number of likely N-dealkylation sites (N-methyl/N-ethyl adjacent to an activating group) is 1. The van der Waals surface area contributed by atoms with Gasteiger partial charge in [0.1, 0.15) is 35.6 Å². The van der Waals surface area contributed by atoms with Crippen LogP contribution in [0.1, 0.15) is 23.0 Å². The number of hydrogen-bond acceptors (Lipinski definition) is 6. The molecule has 0 spiro atoms. The van der Waals surface area contributed by atoms with Crippen LogP contribution in [0.2, 0.25) is 0 Å². The number of amides is 2. The predicted octanol–water partition coefficient (Wildman–Crippen LogP) is 3.42. The number of rotatable bonds is 5. The number of carbonyl (C=O) groups is 2. The first-order chi connectivity index (χ1) is 18.3. The van der Waals surface area contributed by atoms with Crippen molar-refractivity contribution in [2.75, 3.05) is 38.2 Å². The first-order valence-electron chi connectivity index (χ1n) is 12.3. The van der Waals surface area contributed by atoms with Gasteiger partial charge in [0, 0.05) is 38.0 Å². The molecule has 0 aliphatic carbocycles. The Morgan fingerprint density at radius 2 is 1.97 bits per heavy atom. The molecule has 194 valence electrons. The summed E-state index contributed by atoms with van der Waals surface area (Å²) < 4.78 is 26.3. The molecule has 1 fully saturated rings. The van der Waals surface area contributed by atoms with E-state index in [1.54, 1.807) is 43.4 Å². The minimum atomic E-state index is -1.52. The van der Waals surface area contributed by atoms with Crippen LogP contribution in [-0.2, 0) is 4.79 Å². The van der Waals surface area contributed by atoms with Gasteiger partial charge in [-0.3, -0.25) is 19.5 Å². The lowest BCUT2D eigenvalue weighted by molar-refractivity contribution is -0.120. The van der Waals surface area contributed by atoms with Crippen molar-refractivity contribution in [1.82, 2.24) is 15.2 Å². The zero-order chi connectivity index (χ0) is 26.7. The fourth-order valence-electron chi connectivity index (χ4n) is 4.28. The van der Waals surface area contributed by atoms with Crippen molar-refractivity contribution in [2.45, 2.75) is 18.6 Å². The van der Waals surface area contributed by atoms with Gasteiger partial charge in [0.25, 0.3) is 11.8 Å². The number of fused-ring (bicyclic) bond motifs is 1. The number of aromatic nitrogens is 1. The van der Waals surface area contributed by atoms with E-state index in [2.05, 4.69) is 22.1 Å². The van der Waals surface area contributed by atoms with Gasteiger partial charge in [0.05, 0.1) is 5.69 Å². The van der Waals surface area contributed by atoms with Crippen molar-refractivity contribution >= 4 is 17.5 Å². The van der Waals surface area contributed by atoms with Crippen LogP contribution in [0.15, 0.2) is 66.9 Å². The van der Waals surface area contributed by atoms with E-state index in [4.69, 9.17) is 9.47 Å². The quantitative estimate of drug-likeness (QED) is 0.526. The summed E-state index contributed by atoms with van der Waals surface area (Å²) in [6, 6.07) is 16.5. The lowest BCUT2D eigenvalue weighted by atomic mass is 9.96. The molecule has 2 amide bonds. The number of benzene rings is 2. The highest BCUT2D eigenvalue weighted by molar-refractivity contribution is 6.03. The molecule has 0 bridgehead atoms. The van der Waals surface area contributed by atoms with Crippen LogP contribution in [0, 0.1) is 11.8 Å². The Kier molecular flexibility index (Phi) is 6.99. The Morgan fingerprint density at radius 3 is 2.74 bits per heavy atom. The van der Waals surface area contributed by atoms with Crippen LogP contribution in [0.4, 0.5) is 10.1 Å².